The molecule has 0 radical (unpaired) electrons. The van der Waals surface area contributed by atoms with Gasteiger partial charge in [0.2, 0.25) is 0 Å². The zero-order valence-corrected chi connectivity index (χ0v) is 13.7. The van der Waals surface area contributed by atoms with E-state index in [4.69, 9.17) is 11.5 Å². The van der Waals surface area contributed by atoms with Crippen molar-refractivity contribution in [2.75, 3.05) is 13.1 Å². The Balaban J connectivity index is 1.34. The fraction of sp³-hybridized carbons (Fsp3) is 1.00. The lowest BCUT2D eigenvalue weighted by atomic mass is 9.75. The Labute approximate surface area is 134 Å². The molecule has 126 valence electrons. The highest BCUT2D eigenvalue weighted by atomic mass is 15.3. The summed E-state index contributed by atoms with van der Waals surface area (Å²) in [6.45, 7) is 2.65. The molecular formula is C17H33N5. The molecule has 0 aromatic rings. The molecule has 7 atom stereocenters. The number of nitrogens with zero attached hydrogens (tertiary/aromatic N) is 1. The third-order valence-corrected chi connectivity index (χ3v) is 6.85. The molecule has 7 unspecified atom stereocenters. The highest BCUT2D eigenvalue weighted by Crippen LogP contribution is 2.39. The Kier molecular flexibility index (Phi) is 4.43. The first-order chi connectivity index (χ1) is 10.7. The van der Waals surface area contributed by atoms with Crippen molar-refractivity contribution in [2.45, 2.75) is 75.9 Å². The highest BCUT2D eigenvalue weighted by molar-refractivity contribution is 4.96. The molecule has 0 spiro atoms. The van der Waals surface area contributed by atoms with Gasteiger partial charge < -0.3 is 11.5 Å². The Morgan fingerprint density at radius 2 is 1.82 bits per heavy atom. The molecule has 6 N–H and O–H groups in total. The van der Waals surface area contributed by atoms with Crippen LogP contribution in [0.4, 0.5) is 0 Å². The van der Waals surface area contributed by atoms with E-state index in [1.54, 1.807) is 0 Å². The van der Waals surface area contributed by atoms with E-state index in [0.29, 0.717) is 12.0 Å². The summed E-state index contributed by atoms with van der Waals surface area (Å²) in [5, 5.41) is 6.75. The Morgan fingerprint density at radius 3 is 2.73 bits per heavy atom. The Bertz CT molecular complexity index is 389. The summed E-state index contributed by atoms with van der Waals surface area (Å²) in [4.78, 5) is 2.83. The van der Waals surface area contributed by atoms with E-state index in [9.17, 15) is 0 Å². The maximum atomic E-state index is 6.31. The van der Waals surface area contributed by atoms with Crippen molar-refractivity contribution >= 4 is 0 Å². The number of hydrogen-bond donors (Lipinski definition) is 4. The summed E-state index contributed by atoms with van der Waals surface area (Å²) in [5.41, 5.74) is 12.3. The first-order valence-corrected chi connectivity index (χ1v) is 9.48. The van der Waals surface area contributed by atoms with Crippen LogP contribution in [0.25, 0.3) is 0 Å². The van der Waals surface area contributed by atoms with Gasteiger partial charge in [0.15, 0.2) is 0 Å². The van der Waals surface area contributed by atoms with E-state index < -0.39 is 0 Å². The van der Waals surface area contributed by atoms with E-state index in [1.807, 2.05) is 0 Å². The molecular weight excluding hydrogens is 274 g/mol. The zero-order valence-electron chi connectivity index (χ0n) is 13.7. The topological polar surface area (TPSA) is 79.3 Å². The van der Waals surface area contributed by atoms with Crippen molar-refractivity contribution in [3.8, 4) is 0 Å². The van der Waals surface area contributed by atoms with E-state index >= 15 is 0 Å². The molecule has 5 nitrogen and oxygen atoms in total. The second-order valence-electron chi connectivity index (χ2n) is 8.18. The molecule has 2 aliphatic carbocycles. The number of fused-ring (bicyclic) bond motifs is 2. The first kappa shape index (κ1) is 15.3. The number of hydrogen-bond acceptors (Lipinski definition) is 5. The van der Waals surface area contributed by atoms with Gasteiger partial charge in [-0.2, -0.15) is 0 Å². The molecule has 4 rings (SSSR count). The molecule has 0 bridgehead atoms. The predicted octanol–water partition coefficient (Wildman–Crippen LogP) is 0.756. The fourth-order valence-corrected chi connectivity index (χ4v) is 5.74. The van der Waals surface area contributed by atoms with Crippen LogP contribution in [0.15, 0.2) is 0 Å². The zero-order chi connectivity index (χ0) is 15.1. The van der Waals surface area contributed by atoms with Crippen molar-refractivity contribution in [3.63, 3.8) is 0 Å². The maximum absolute atomic E-state index is 6.31. The van der Waals surface area contributed by atoms with Crippen molar-refractivity contribution < 1.29 is 0 Å². The van der Waals surface area contributed by atoms with Crippen LogP contribution in [0, 0.1) is 17.8 Å². The number of nitrogens with two attached hydrogens (primary N) is 2. The van der Waals surface area contributed by atoms with E-state index in [-0.39, 0.29) is 12.5 Å². The summed E-state index contributed by atoms with van der Waals surface area (Å²) in [6, 6.07) is 1.42. The lowest BCUT2D eigenvalue weighted by molar-refractivity contribution is 0.0722. The lowest BCUT2D eigenvalue weighted by Gasteiger charge is -2.47. The molecule has 4 aliphatic rings. The SMILES string of the molecule is NC1NC(N)C2CC(CN3CCC4CCCCC43)CCC2N1. The quantitative estimate of drug-likeness (QED) is 0.606. The number of likely N-dealkylation sites (tertiary alicyclic amines) is 1. The van der Waals surface area contributed by atoms with Gasteiger partial charge in [0.1, 0.15) is 6.29 Å². The van der Waals surface area contributed by atoms with Gasteiger partial charge in [0, 0.05) is 24.5 Å². The van der Waals surface area contributed by atoms with Crippen LogP contribution in [-0.2, 0) is 0 Å². The second kappa shape index (κ2) is 6.36. The van der Waals surface area contributed by atoms with Gasteiger partial charge in [-0.25, -0.2) is 0 Å². The van der Waals surface area contributed by atoms with Crippen molar-refractivity contribution in [2.24, 2.45) is 29.2 Å². The van der Waals surface area contributed by atoms with Crippen LogP contribution in [0.3, 0.4) is 0 Å². The largest absolute Gasteiger partial charge is 0.316 e. The van der Waals surface area contributed by atoms with Crippen molar-refractivity contribution in [1.29, 1.82) is 0 Å². The van der Waals surface area contributed by atoms with Crippen LogP contribution >= 0.6 is 0 Å². The average molecular weight is 307 g/mol. The van der Waals surface area contributed by atoms with Gasteiger partial charge in [0.25, 0.3) is 0 Å². The number of nitrogens with one attached hydrogen (secondary N) is 2. The highest BCUT2D eigenvalue weighted by Gasteiger charge is 2.41. The molecule has 0 aromatic heterocycles. The van der Waals surface area contributed by atoms with E-state index in [1.165, 1.54) is 64.5 Å². The van der Waals surface area contributed by atoms with Crippen molar-refractivity contribution in [1.82, 2.24) is 15.5 Å². The van der Waals surface area contributed by atoms with Gasteiger partial charge >= 0.3 is 0 Å². The van der Waals surface area contributed by atoms with Gasteiger partial charge in [-0.3, -0.25) is 15.5 Å². The van der Waals surface area contributed by atoms with Gasteiger partial charge in [-0.1, -0.05) is 12.8 Å². The van der Waals surface area contributed by atoms with Crippen molar-refractivity contribution in [3.05, 3.63) is 0 Å². The predicted molar refractivity (Wildman–Crippen MR) is 88.8 cm³/mol. The minimum Gasteiger partial charge on any atom is -0.316 e. The molecule has 2 heterocycles. The van der Waals surface area contributed by atoms with Crippen LogP contribution < -0.4 is 22.1 Å². The van der Waals surface area contributed by atoms with Gasteiger partial charge in [0.05, 0.1) is 6.17 Å². The summed E-state index contributed by atoms with van der Waals surface area (Å²) in [6.07, 6.45) is 11.0. The van der Waals surface area contributed by atoms with Crippen LogP contribution in [-0.4, -0.2) is 42.5 Å². The Hall–Kier alpha value is -0.200. The third kappa shape index (κ3) is 2.94. The summed E-state index contributed by atoms with van der Waals surface area (Å²) in [5.74, 6) is 2.37. The Morgan fingerprint density at radius 1 is 0.955 bits per heavy atom. The van der Waals surface area contributed by atoms with Crippen LogP contribution in [0.5, 0.6) is 0 Å². The van der Waals surface area contributed by atoms with Crippen LogP contribution in [0.2, 0.25) is 0 Å². The molecule has 2 saturated carbocycles. The summed E-state index contributed by atoms with van der Waals surface area (Å²) in [7, 11) is 0. The monoisotopic (exact) mass is 307 g/mol. The number of rotatable bonds is 2. The minimum absolute atomic E-state index is 0.0602. The fourth-order valence-electron chi connectivity index (χ4n) is 5.74. The average Bonchev–Trinajstić information content (AvgIpc) is 2.91. The molecule has 0 amide bonds. The van der Waals surface area contributed by atoms with Gasteiger partial charge in [-0.15, -0.1) is 0 Å². The summed E-state index contributed by atoms with van der Waals surface area (Å²) < 4.78 is 0. The maximum Gasteiger partial charge on any atom is 0.110 e. The second-order valence-corrected chi connectivity index (χ2v) is 8.18. The molecule has 0 aromatic carbocycles. The smallest absolute Gasteiger partial charge is 0.110 e. The molecule has 2 aliphatic heterocycles. The first-order valence-electron chi connectivity index (χ1n) is 9.48. The van der Waals surface area contributed by atoms with E-state index in [0.717, 1.165) is 17.9 Å². The van der Waals surface area contributed by atoms with Gasteiger partial charge in [-0.05, 0) is 56.9 Å². The molecule has 2 saturated heterocycles. The standard InChI is InChI=1S/C17H33N5/c18-16-13-9-11(5-6-14(13)20-17(19)21-16)10-22-8-7-12-3-1-2-4-15(12)22/h11-17,20-21H,1-10,18-19H2. The van der Waals surface area contributed by atoms with E-state index in [2.05, 4.69) is 15.5 Å². The third-order valence-electron chi connectivity index (χ3n) is 6.85. The summed E-state index contributed by atoms with van der Waals surface area (Å²) >= 11 is 0. The molecule has 4 fully saturated rings. The normalized spacial score (nSPS) is 49.6. The minimum atomic E-state index is -0.130. The lowest BCUT2D eigenvalue weighted by Crippen LogP contribution is -2.70. The molecule has 22 heavy (non-hydrogen) atoms. The van der Waals surface area contributed by atoms with Crippen LogP contribution in [0.1, 0.15) is 51.4 Å². The molecule has 5 heteroatoms.